The lowest BCUT2D eigenvalue weighted by Crippen LogP contribution is -2.31. The third kappa shape index (κ3) is 3.98. The number of anilines is 1. The number of nitrogens with one attached hydrogen (secondary N) is 1. The summed E-state index contributed by atoms with van der Waals surface area (Å²) < 4.78 is 7.60. The maximum absolute atomic E-state index is 13.2. The van der Waals surface area contributed by atoms with E-state index in [4.69, 9.17) is 16.3 Å². The van der Waals surface area contributed by atoms with Crippen molar-refractivity contribution in [1.82, 2.24) is 4.57 Å². The van der Waals surface area contributed by atoms with Gasteiger partial charge in [0.2, 0.25) is 0 Å². The van der Waals surface area contributed by atoms with Gasteiger partial charge < -0.3 is 14.6 Å². The second kappa shape index (κ2) is 8.36. The summed E-state index contributed by atoms with van der Waals surface area (Å²) in [7, 11) is 0. The number of carbonyl (C=O) groups excluding carboxylic acids is 1. The zero-order valence-electron chi connectivity index (χ0n) is 16.9. The first kappa shape index (κ1) is 20.2. The summed E-state index contributed by atoms with van der Waals surface area (Å²) in [5, 5.41) is 3.34. The molecule has 1 aliphatic rings. The van der Waals surface area contributed by atoms with E-state index in [0.29, 0.717) is 10.7 Å². The molecule has 0 spiro atoms. The molecule has 1 aliphatic carbocycles. The summed E-state index contributed by atoms with van der Waals surface area (Å²) in [6.45, 7) is 4.00. The van der Waals surface area contributed by atoms with Gasteiger partial charge in [0.25, 0.3) is 11.5 Å². The molecule has 154 valence electrons. The third-order valence-electron chi connectivity index (χ3n) is 5.22. The summed E-state index contributed by atoms with van der Waals surface area (Å²) in [5.74, 6) is 0.432. The fourth-order valence-corrected chi connectivity index (χ4v) is 4.04. The standard InChI is InChI=1S/C24H23ClN2O3/c1-15(2)30-22-7-3-5-18-19(22)12-13-21(18)27-14-4-6-20(24(27)29)23(28)26-17-10-8-16(25)9-11-17/h3-11,14-15,21H,12-13H2,1-2H3,(H,26,28). The van der Waals surface area contributed by atoms with Crippen LogP contribution in [0.4, 0.5) is 5.69 Å². The van der Waals surface area contributed by atoms with Crippen LogP contribution in [0.5, 0.6) is 5.75 Å². The van der Waals surface area contributed by atoms with Crippen LogP contribution >= 0.6 is 11.6 Å². The second-order valence-corrected chi connectivity index (χ2v) is 8.08. The number of hydrogen-bond acceptors (Lipinski definition) is 3. The number of benzene rings is 2. The summed E-state index contributed by atoms with van der Waals surface area (Å²) >= 11 is 5.89. The molecule has 0 radical (unpaired) electrons. The molecule has 4 rings (SSSR count). The summed E-state index contributed by atoms with van der Waals surface area (Å²) in [5.41, 5.74) is 2.60. The minimum Gasteiger partial charge on any atom is -0.491 e. The third-order valence-corrected chi connectivity index (χ3v) is 5.47. The lowest BCUT2D eigenvalue weighted by Gasteiger charge is -2.18. The second-order valence-electron chi connectivity index (χ2n) is 7.64. The Kier molecular flexibility index (Phi) is 5.64. The predicted octanol–water partition coefficient (Wildman–Crippen LogP) is 5.08. The van der Waals surface area contributed by atoms with Gasteiger partial charge in [-0.05, 0) is 80.3 Å². The molecule has 1 atom stereocenters. The van der Waals surface area contributed by atoms with Gasteiger partial charge in [-0.2, -0.15) is 0 Å². The maximum atomic E-state index is 13.2. The first-order valence-corrected chi connectivity index (χ1v) is 10.4. The maximum Gasteiger partial charge on any atom is 0.263 e. The van der Waals surface area contributed by atoms with Gasteiger partial charge in [-0.15, -0.1) is 0 Å². The molecule has 0 bridgehead atoms. The molecule has 6 heteroatoms. The number of halogens is 1. The summed E-state index contributed by atoms with van der Waals surface area (Å²) in [4.78, 5) is 25.9. The quantitative estimate of drug-likeness (QED) is 0.624. The molecular weight excluding hydrogens is 400 g/mol. The number of hydrogen-bond donors (Lipinski definition) is 1. The fraction of sp³-hybridized carbons (Fsp3) is 0.250. The van der Waals surface area contributed by atoms with E-state index < -0.39 is 5.91 Å². The van der Waals surface area contributed by atoms with Crippen LogP contribution in [-0.2, 0) is 6.42 Å². The van der Waals surface area contributed by atoms with E-state index in [9.17, 15) is 9.59 Å². The Morgan fingerprint density at radius 1 is 1.13 bits per heavy atom. The molecule has 1 unspecified atom stereocenters. The molecular formula is C24H23ClN2O3. The monoisotopic (exact) mass is 422 g/mol. The van der Waals surface area contributed by atoms with E-state index in [1.807, 2.05) is 32.0 Å². The number of amides is 1. The van der Waals surface area contributed by atoms with E-state index >= 15 is 0 Å². The van der Waals surface area contributed by atoms with Crippen molar-refractivity contribution in [3.05, 3.63) is 92.9 Å². The van der Waals surface area contributed by atoms with E-state index in [2.05, 4.69) is 5.32 Å². The zero-order valence-corrected chi connectivity index (χ0v) is 17.6. The highest BCUT2D eigenvalue weighted by molar-refractivity contribution is 6.30. The summed E-state index contributed by atoms with van der Waals surface area (Å²) in [6.07, 6.45) is 3.45. The average molecular weight is 423 g/mol. The van der Waals surface area contributed by atoms with Gasteiger partial charge in [0, 0.05) is 16.9 Å². The lowest BCUT2D eigenvalue weighted by molar-refractivity contribution is 0.102. The van der Waals surface area contributed by atoms with Gasteiger partial charge in [0.1, 0.15) is 11.3 Å². The van der Waals surface area contributed by atoms with Crippen LogP contribution in [0.15, 0.2) is 65.6 Å². The molecule has 1 amide bonds. The van der Waals surface area contributed by atoms with Crippen molar-refractivity contribution in [3.63, 3.8) is 0 Å². The SMILES string of the molecule is CC(C)Oc1cccc2c1CCC2n1cccc(C(=O)Nc2ccc(Cl)cc2)c1=O. The number of nitrogens with zero attached hydrogens (tertiary/aromatic N) is 1. The molecule has 0 saturated carbocycles. The van der Waals surface area contributed by atoms with Crippen LogP contribution in [-0.4, -0.2) is 16.6 Å². The van der Waals surface area contributed by atoms with Crippen molar-refractivity contribution in [2.24, 2.45) is 0 Å². The molecule has 2 aromatic carbocycles. The van der Waals surface area contributed by atoms with E-state index in [1.165, 1.54) is 0 Å². The van der Waals surface area contributed by atoms with Crippen molar-refractivity contribution < 1.29 is 9.53 Å². The number of rotatable bonds is 5. The van der Waals surface area contributed by atoms with Gasteiger partial charge in [-0.1, -0.05) is 23.7 Å². The van der Waals surface area contributed by atoms with Crippen LogP contribution in [0.3, 0.4) is 0 Å². The highest BCUT2D eigenvalue weighted by atomic mass is 35.5. The summed E-state index contributed by atoms with van der Waals surface area (Å²) in [6, 6.07) is 15.9. The number of ether oxygens (including phenoxy) is 1. The normalized spacial score (nSPS) is 15.1. The Hall–Kier alpha value is -3.05. The molecule has 5 nitrogen and oxygen atoms in total. The average Bonchev–Trinajstić information content (AvgIpc) is 3.14. The molecule has 3 aromatic rings. The van der Waals surface area contributed by atoms with E-state index in [0.717, 1.165) is 29.7 Å². The zero-order chi connectivity index (χ0) is 21.3. The highest BCUT2D eigenvalue weighted by Gasteiger charge is 2.28. The number of fused-ring (bicyclic) bond motifs is 1. The molecule has 1 N–H and O–H groups in total. The fourth-order valence-electron chi connectivity index (χ4n) is 3.91. The van der Waals surface area contributed by atoms with Crippen LogP contribution in [0.1, 0.15) is 47.8 Å². The number of pyridine rings is 1. The molecule has 0 saturated heterocycles. The van der Waals surface area contributed by atoms with Crippen LogP contribution in [0.2, 0.25) is 5.02 Å². The van der Waals surface area contributed by atoms with Crippen molar-refractivity contribution in [2.75, 3.05) is 5.32 Å². The topological polar surface area (TPSA) is 60.3 Å². The van der Waals surface area contributed by atoms with Gasteiger partial charge in [0.15, 0.2) is 0 Å². The lowest BCUT2D eigenvalue weighted by atomic mass is 10.1. The van der Waals surface area contributed by atoms with Gasteiger partial charge in [0.05, 0.1) is 12.1 Å². The van der Waals surface area contributed by atoms with E-state index in [-0.39, 0.29) is 23.3 Å². The highest BCUT2D eigenvalue weighted by Crippen LogP contribution is 2.39. The van der Waals surface area contributed by atoms with Crippen molar-refractivity contribution in [2.45, 2.75) is 38.8 Å². The van der Waals surface area contributed by atoms with Crippen LogP contribution in [0, 0.1) is 0 Å². The minimum atomic E-state index is -0.438. The predicted molar refractivity (Wildman–Crippen MR) is 119 cm³/mol. The Morgan fingerprint density at radius 2 is 1.90 bits per heavy atom. The Morgan fingerprint density at radius 3 is 2.63 bits per heavy atom. The van der Waals surface area contributed by atoms with Crippen molar-refractivity contribution in [3.8, 4) is 5.75 Å². The largest absolute Gasteiger partial charge is 0.491 e. The Balaban J connectivity index is 1.64. The van der Waals surface area contributed by atoms with Gasteiger partial charge in [-0.3, -0.25) is 9.59 Å². The number of aromatic nitrogens is 1. The smallest absolute Gasteiger partial charge is 0.263 e. The molecule has 0 aliphatic heterocycles. The van der Waals surface area contributed by atoms with Crippen molar-refractivity contribution in [1.29, 1.82) is 0 Å². The minimum absolute atomic E-state index is 0.0816. The Labute approximate surface area is 180 Å². The van der Waals surface area contributed by atoms with Crippen LogP contribution in [0.25, 0.3) is 0 Å². The van der Waals surface area contributed by atoms with Gasteiger partial charge >= 0.3 is 0 Å². The molecule has 1 heterocycles. The first-order valence-electron chi connectivity index (χ1n) is 10.0. The van der Waals surface area contributed by atoms with E-state index in [1.54, 1.807) is 47.2 Å². The number of carbonyl (C=O) groups is 1. The Bertz CT molecular complexity index is 1140. The first-order chi connectivity index (χ1) is 14.4. The molecule has 1 aromatic heterocycles. The van der Waals surface area contributed by atoms with Crippen molar-refractivity contribution >= 4 is 23.2 Å². The van der Waals surface area contributed by atoms with Gasteiger partial charge in [-0.25, -0.2) is 0 Å². The molecule has 0 fully saturated rings. The van der Waals surface area contributed by atoms with Crippen LogP contribution < -0.4 is 15.6 Å². The molecule has 30 heavy (non-hydrogen) atoms.